The molecule has 1 aliphatic rings. The van der Waals surface area contributed by atoms with Crippen LogP contribution in [0.1, 0.15) is 30.4 Å². The molecule has 3 rings (SSSR count). The topological polar surface area (TPSA) is 116 Å². The number of benzene rings is 2. The van der Waals surface area contributed by atoms with Gasteiger partial charge < -0.3 is 9.84 Å². The summed E-state index contributed by atoms with van der Waals surface area (Å²) in [6.45, 7) is 1.77. The number of ether oxygens (including phenoxy) is 1. The van der Waals surface area contributed by atoms with Gasteiger partial charge in [-0.15, -0.1) is 0 Å². The predicted octanol–water partition coefficient (Wildman–Crippen LogP) is 4.41. The third-order valence-corrected chi connectivity index (χ3v) is 5.01. The molecule has 1 atom stereocenters. The third-order valence-electron chi connectivity index (χ3n) is 5.01. The summed E-state index contributed by atoms with van der Waals surface area (Å²) >= 11 is 0. The Hall–Kier alpha value is -3.51. The van der Waals surface area contributed by atoms with Crippen LogP contribution in [-0.4, -0.2) is 47.8 Å². The first-order chi connectivity index (χ1) is 14.1. The molecule has 0 bridgehead atoms. The minimum absolute atomic E-state index is 0.0981. The standard InChI is InChI=1S/C21H22N4O4/c1-2-11-25(19(20(26)27)12-23-24-22)21(28)29-13-18-16-9-5-3-7-14(16)15-8-4-6-10-17(15)18/h3-10,18-19H,2,11-13H2,1H3,(H,26,27). The summed E-state index contributed by atoms with van der Waals surface area (Å²) in [4.78, 5) is 28.0. The second-order valence-electron chi connectivity index (χ2n) is 6.76. The van der Waals surface area contributed by atoms with Gasteiger partial charge in [0.15, 0.2) is 0 Å². The van der Waals surface area contributed by atoms with Gasteiger partial charge in [-0.05, 0) is 34.2 Å². The van der Waals surface area contributed by atoms with E-state index in [2.05, 4.69) is 10.0 Å². The smallest absolute Gasteiger partial charge is 0.410 e. The molecule has 0 aromatic heterocycles. The number of carboxylic acid groups (broad SMARTS) is 1. The minimum atomic E-state index is -1.26. The summed E-state index contributed by atoms with van der Waals surface area (Å²) in [5, 5.41) is 12.8. The summed E-state index contributed by atoms with van der Waals surface area (Å²) in [6, 6.07) is 14.7. The summed E-state index contributed by atoms with van der Waals surface area (Å²) in [5.41, 5.74) is 12.9. The molecular weight excluding hydrogens is 372 g/mol. The van der Waals surface area contributed by atoms with Gasteiger partial charge in [0.25, 0.3) is 0 Å². The average molecular weight is 394 g/mol. The molecule has 1 N–H and O–H groups in total. The van der Waals surface area contributed by atoms with Crippen molar-refractivity contribution < 1.29 is 19.4 Å². The number of nitrogens with zero attached hydrogens (tertiary/aromatic N) is 4. The van der Waals surface area contributed by atoms with Gasteiger partial charge in [0.2, 0.25) is 0 Å². The van der Waals surface area contributed by atoms with E-state index < -0.39 is 18.1 Å². The zero-order valence-electron chi connectivity index (χ0n) is 16.1. The Morgan fingerprint density at radius 3 is 2.28 bits per heavy atom. The minimum Gasteiger partial charge on any atom is -0.480 e. The molecule has 1 aliphatic carbocycles. The van der Waals surface area contributed by atoms with Gasteiger partial charge in [0.05, 0.1) is 6.54 Å². The molecule has 1 amide bonds. The number of fused-ring (bicyclic) bond motifs is 3. The van der Waals surface area contributed by atoms with Gasteiger partial charge in [-0.3, -0.25) is 4.90 Å². The quantitative estimate of drug-likeness (QED) is 0.405. The van der Waals surface area contributed by atoms with E-state index in [9.17, 15) is 14.7 Å². The summed E-state index contributed by atoms with van der Waals surface area (Å²) in [5.74, 6) is -1.35. The van der Waals surface area contributed by atoms with Crippen molar-refractivity contribution in [3.63, 3.8) is 0 Å². The monoisotopic (exact) mass is 394 g/mol. The maximum atomic E-state index is 12.7. The van der Waals surface area contributed by atoms with Crippen LogP contribution in [0.3, 0.4) is 0 Å². The van der Waals surface area contributed by atoms with E-state index >= 15 is 0 Å². The van der Waals surface area contributed by atoms with Crippen LogP contribution in [0.25, 0.3) is 21.6 Å². The van der Waals surface area contributed by atoms with E-state index in [1.807, 2.05) is 55.5 Å². The van der Waals surface area contributed by atoms with Crippen LogP contribution in [0.5, 0.6) is 0 Å². The van der Waals surface area contributed by atoms with Gasteiger partial charge in [-0.1, -0.05) is 60.6 Å². The SMILES string of the molecule is CCCN(C(=O)OCC1c2ccccc2-c2ccccc21)C(CN=[N+]=[N-])C(=O)O. The lowest BCUT2D eigenvalue weighted by atomic mass is 9.98. The number of hydrogen-bond donors (Lipinski definition) is 1. The molecule has 0 fully saturated rings. The zero-order chi connectivity index (χ0) is 20.8. The van der Waals surface area contributed by atoms with Crippen molar-refractivity contribution in [3.05, 3.63) is 70.1 Å². The third kappa shape index (κ3) is 4.17. The second kappa shape index (κ2) is 9.12. The van der Waals surface area contributed by atoms with E-state index in [1.54, 1.807) is 0 Å². The fourth-order valence-electron chi connectivity index (χ4n) is 3.72. The summed E-state index contributed by atoms with van der Waals surface area (Å²) in [6.07, 6.45) is -0.182. The van der Waals surface area contributed by atoms with Crippen molar-refractivity contribution in [1.82, 2.24) is 4.90 Å². The highest BCUT2D eigenvalue weighted by atomic mass is 16.6. The van der Waals surface area contributed by atoms with E-state index in [1.165, 1.54) is 0 Å². The average Bonchev–Trinajstić information content (AvgIpc) is 3.05. The number of hydrogen-bond acceptors (Lipinski definition) is 4. The molecule has 2 aromatic carbocycles. The molecule has 8 nitrogen and oxygen atoms in total. The molecular formula is C21H22N4O4. The maximum absolute atomic E-state index is 12.7. The maximum Gasteiger partial charge on any atom is 0.410 e. The van der Waals surface area contributed by atoms with E-state index in [4.69, 9.17) is 10.3 Å². The number of amides is 1. The Morgan fingerprint density at radius 1 is 1.17 bits per heavy atom. The molecule has 0 spiro atoms. The number of carbonyl (C=O) groups is 2. The first-order valence-electron chi connectivity index (χ1n) is 9.43. The first kappa shape index (κ1) is 20.2. The fourth-order valence-corrected chi connectivity index (χ4v) is 3.72. The highest BCUT2D eigenvalue weighted by Gasteiger charge is 2.32. The molecule has 0 saturated heterocycles. The van der Waals surface area contributed by atoms with E-state index in [0.717, 1.165) is 27.2 Å². The zero-order valence-corrected chi connectivity index (χ0v) is 16.1. The number of rotatable bonds is 8. The van der Waals surface area contributed by atoms with Gasteiger partial charge in [0.1, 0.15) is 12.6 Å². The highest BCUT2D eigenvalue weighted by Crippen LogP contribution is 2.44. The number of carboxylic acids is 1. The van der Waals surface area contributed by atoms with E-state index in [0.29, 0.717) is 6.42 Å². The lowest BCUT2D eigenvalue weighted by molar-refractivity contribution is -0.142. The van der Waals surface area contributed by atoms with Crippen molar-refractivity contribution in [1.29, 1.82) is 0 Å². The van der Waals surface area contributed by atoms with Crippen LogP contribution >= 0.6 is 0 Å². The summed E-state index contributed by atoms with van der Waals surface area (Å²) in [7, 11) is 0. The molecule has 0 radical (unpaired) electrons. The van der Waals surface area contributed by atoms with Gasteiger partial charge in [-0.2, -0.15) is 0 Å². The Morgan fingerprint density at radius 2 is 1.76 bits per heavy atom. The fraction of sp³-hybridized carbons (Fsp3) is 0.333. The normalized spacial score (nSPS) is 13.0. The Bertz CT molecular complexity index is 910. The lowest BCUT2D eigenvalue weighted by Gasteiger charge is -2.27. The Labute approximate surface area is 168 Å². The van der Waals surface area contributed by atoms with Crippen molar-refractivity contribution in [2.24, 2.45) is 5.11 Å². The van der Waals surface area contributed by atoms with Crippen LogP contribution in [0.2, 0.25) is 0 Å². The number of carbonyl (C=O) groups excluding carboxylic acids is 1. The molecule has 0 saturated carbocycles. The van der Waals surface area contributed by atoms with Gasteiger partial charge in [-0.25, -0.2) is 9.59 Å². The van der Waals surface area contributed by atoms with Crippen LogP contribution in [0.4, 0.5) is 4.79 Å². The van der Waals surface area contributed by atoms with Crippen LogP contribution in [0.15, 0.2) is 53.6 Å². The molecule has 0 heterocycles. The highest BCUT2D eigenvalue weighted by molar-refractivity contribution is 5.81. The van der Waals surface area contributed by atoms with Crippen LogP contribution in [0, 0.1) is 0 Å². The molecule has 150 valence electrons. The van der Waals surface area contributed by atoms with Gasteiger partial charge >= 0.3 is 12.1 Å². The molecule has 0 aliphatic heterocycles. The van der Waals surface area contributed by atoms with Crippen molar-refractivity contribution >= 4 is 12.1 Å². The van der Waals surface area contributed by atoms with E-state index in [-0.39, 0.29) is 25.6 Å². The predicted molar refractivity (Wildman–Crippen MR) is 108 cm³/mol. The molecule has 8 heteroatoms. The first-order valence-corrected chi connectivity index (χ1v) is 9.43. The van der Waals surface area contributed by atoms with Crippen molar-refractivity contribution in [2.45, 2.75) is 25.3 Å². The Kier molecular flexibility index (Phi) is 6.36. The molecule has 1 unspecified atom stereocenters. The van der Waals surface area contributed by atoms with Crippen LogP contribution < -0.4 is 0 Å². The number of azide groups is 1. The van der Waals surface area contributed by atoms with Crippen LogP contribution in [-0.2, 0) is 9.53 Å². The largest absolute Gasteiger partial charge is 0.480 e. The van der Waals surface area contributed by atoms with Gasteiger partial charge in [0, 0.05) is 17.4 Å². The lowest BCUT2D eigenvalue weighted by Crippen LogP contribution is -2.47. The number of aliphatic carboxylic acids is 1. The molecule has 29 heavy (non-hydrogen) atoms. The second-order valence-corrected chi connectivity index (χ2v) is 6.76. The Balaban J connectivity index is 1.79. The summed E-state index contributed by atoms with van der Waals surface area (Å²) < 4.78 is 5.55. The van der Waals surface area contributed by atoms with Crippen molar-refractivity contribution in [2.75, 3.05) is 19.7 Å². The van der Waals surface area contributed by atoms with Crippen molar-refractivity contribution in [3.8, 4) is 11.1 Å². The molecule has 2 aromatic rings.